The molecule has 0 fully saturated rings. The number of rotatable bonds is 2. The van der Waals surface area contributed by atoms with Gasteiger partial charge in [0.2, 0.25) is 0 Å². The summed E-state index contributed by atoms with van der Waals surface area (Å²) in [6.07, 6.45) is 3.43. The molecule has 1 aromatic rings. The van der Waals surface area contributed by atoms with Gasteiger partial charge in [0.15, 0.2) is 0 Å². The largest absolute Gasteiger partial charge is 0.288 e. The lowest BCUT2D eigenvalue weighted by molar-refractivity contribution is 0.0865. The minimum atomic E-state index is -0.183. The van der Waals surface area contributed by atoms with Crippen LogP contribution < -0.4 is 5.43 Å². The fraction of sp³-hybridized carbons (Fsp3) is 0.111. The van der Waals surface area contributed by atoms with Crippen molar-refractivity contribution in [3.63, 3.8) is 0 Å². The van der Waals surface area contributed by atoms with Crippen LogP contribution in [0.3, 0.4) is 0 Å². The van der Waals surface area contributed by atoms with Crippen molar-refractivity contribution in [1.29, 1.82) is 0 Å². The summed E-state index contributed by atoms with van der Waals surface area (Å²) in [5.74, 6) is 0.566. The van der Waals surface area contributed by atoms with Crippen molar-refractivity contribution in [2.75, 3.05) is 5.88 Å². The SMILES string of the molecule is O=C(NN1C=CSC1)c1ccccn1. The average Bonchev–Trinajstić information content (AvgIpc) is 2.72. The molecule has 0 radical (unpaired) electrons. The third-order valence-corrected chi connectivity index (χ3v) is 2.43. The molecule has 0 saturated carbocycles. The first-order valence-electron chi connectivity index (χ1n) is 4.13. The third kappa shape index (κ3) is 2.05. The Balaban J connectivity index is 1.99. The predicted molar refractivity (Wildman–Crippen MR) is 55.1 cm³/mol. The number of carbonyl (C=O) groups is 1. The molecule has 14 heavy (non-hydrogen) atoms. The molecule has 2 rings (SSSR count). The summed E-state index contributed by atoms with van der Waals surface area (Å²) in [6, 6.07) is 5.25. The number of nitrogens with one attached hydrogen (secondary N) is 1. The quantitative estimate of drug-likeness (QED) is 0.791. The fourth-order valence-corrected chi connectivity index (χ4v) is 1.67. The number of pyridine rings is 1. The van der Waals surface area contributed by atoms with Gasteiger partial charge in [-0.1, -0.05) is 6.07 Å². The molecule has 0 saturated heterocycles. The Labute approximate surface area is 86.0 Å². The molecular formula is C9H9N3OS. The van der Waals surface area contributed by atoms with E-state index in [0.29, 0.717) is 5.69 Å². The maximum atomic E-state index is 11.5. The van der Waals surface area contributed by atoms with Crippen LogP contribution in [0.5, 0.6) is 0 Å². The number of carbonyl (C=O) groups excluding carboxylic acids is 1. The van der Waals surface area contributed by atoms with Crippen molar-refractivity contribution in [2.45, 2.75) is 0 Å². The Morgan fingerprint density at radius 3 is 3.14 bits per heavy atom. The van der Waals surface area contributed by atoms with Crippen LogP contribution in [0.1, 0.15) is 10.5 Å². The second-order valence-electron chi connectivity index (χ2n) is 2.71. The Morgan fingerprint density at radius 2 is 2.50 bits per heavy atom. The molecule has 72 valence electrons. The summed E-state index contributed by atoms with van der Waals surface area (Å²) in [5.41, 5.74) is 3.15. The van der Waals surface area contributed by atoms with Gasteiger partial charge in [0.25, 0.3) is 5.91 Å². The van der Waals surface area contributed by atoms with Crippen LogP contribution in [0.25, 0.3) is 0 Å². The van der Waals surface area contributed by atoms with E-state index < -0.39 is 0 Å². The van der Waals surface area contributed by atoms with E-state index in [4.69, 9.17) is 0 Å². The third-order valence-electron chi connectivity index (χ3n) is 1.69. The van der Waals surface area contributed by atoms with Crippen molar-refractivity contribution in [3.05, 3.63) is 41.7 Å². The molecule has 0 aliphatic carbocycles. The first-order chi connectivity index (χ1) is 6.86. The number of aromatic nitrogens is 1. The first kappa shape index (κ1) is 9.08. The number of hydrogen-bond donors (Lipinski definition) is 1. The molecular weight excluding hydrogens is 198 g/mol. The zero-order chi connectivity index (χ0) is 9.80. The minimum absolute atomic E-state index is 0.183. The average molecular weight is 207 g/mol. The van der Waals surface area contributed by atoms with Gasteiger partial charge in [-0.05, 0) is 17.5 Å². The standard InChI is InChI=1S/C9H9N3OS/c13-9(8-3-1-2-4-10-8)11-12-5-6-14-7-12/h1-6H,7H2,(H,11,13). The van der Waals surface area contributed by atoms with Crippen molar-refractivity contribution >= 4 is 17.7 Å². The number of hydrazine groups is 1. The minimum Gasteiger partial charge on any atom is -0.282 e. The molecule has 1 aliphatic rings. The molecule has 2 heterocycles. The van der Waals surface area contributed by atoms with Gasteiger partial charge in [0, 0.05) is 12.4 Å². The highest BCUT2D eigenvalue weighted by Crippen LogP contribution is 2.12. The zero-order valence-corrected chi connectivity index (χ0v) is 8.20. The lowest BCUT2D eigenvalue weighted by Crippen LogP contribution is -2.37. The number of nitrogens with zero attached hydrogens (tertiary/aromatic N) is 2. The second kappa shape index (κ2) is 4.15. The molecule has 0 atom stereocenters. The van der Waals surface area contributed by atoms with Crippen molar-refractivity contribution in [1.82, 2.24) is 15.4 Å². The number of amides is 1. The molecule has 0 unspecified atom stereocenters. The maximum Gasteiger partial charge on any atom is 0.288 e. The fourth-order valence-electron chi connectivity index (χ4n) is 1.04. The van der Waals surface area contributed by atoms with Gasteiger partial charge in [-0.3, -0.25) is 20.2 Å². The predicted octanol–water partition coefficient (Wildman–Crippen LogP) is 1.20. The zero-order valence-electron chi connectivity index (χ0n) is 7.38. The molecule has 1 N–H and O–H groups in total. The molecule has 1 aliphatic heterocycles. The van der Waals surface area contributed by atoms with Crippen molar-refractivity contribution < 1.29 is 4.79 Å². The lowest BCUT2D eigenvalue weighted by atomic mass is 10.3. The summed E-state index contributed by atoms with van der Waals surface area (Å²) in [7, 11) is 0. The van der Waals surface area contributed by atoms with Gasteiger partial charge in [0.05, 0.1) is 5.88 Å². The van der Waals surface area contributed by atoms with Crippen molar-refractivity contribution in [2.24, 2.45) is 0 Å². The summed E-state index contributed by atoms with van der Waals surface area (Å²) < 4.78 is 0. The number of thioether (sulfide) groups is 1. The summed E-state index contributed by atoms with van der Waals surface area (Å²) >= 11 is 1.63. The van der Waals surface area contributed by atoms with Gasteiger partial charge in [-0.2, -0.15) is 0 Å². The van der Waals surface area contributed by atoms with E-state index in [9.17, 15) is 4.79 Å². The normalized spacial score (nSPS) is 14.4. The molecule has 0 spiro atoms. The van der Waals surface area contributed by atoms with Gasteiger partial charge >= 0.3 is 0 Å². The van der Waals surface area contributed by atoms with Gasteiger partial charge in [-0.15, -0.1) is 11.8 Å². The van der Waals surface area contributed by atoms with Gasteiger partial charge in [0.1, 0.15) is 5.69 Å². The van der Waals surface area contributed by atoms with Crippen LogP contribution in [-0.4, -0.2) is 21.8 Å². The maximum absolute atomic E-state index is 11.5. The van der Waals surface area contributed by atoms with Crippen LogP contribution in [-0.2, 0) is 0 Å². The van der Waals surface area contributed by atoms with E-state index in [1.54, 1.807) is 41.2 Å². The van der Waals surface area contributed by atoms with E-state index in [-0.39, 0.29) is 5.91 Å². The monoisotopic (exact) mass is 207 g/mol. The first-order valence-corrected chi connectivity index (χ1v) is 5.18. The smallest absolute Gasteiger partial charge is 0.282 e. The van der Waals surface area contributed by atoms with Gasteiger partial charge < -0.3 is 0 Å². The van der Waals surface area contributed by atoms with E-state index in [0.717, 1.165) is 5.88 Å². The highest BCUT2D eigenvalue weighted by atomic mass is 32.2. The summed E-state index contributed by atoms with van der Waals surface area (Å²) in [4.78, 5) is 15.5. The molecule has 0 aromatic carbocycles. The molecule has 0 bridgehead atoms. The summed E-state index contributed by atoms with van der Waals surface area (Å²) in [6.45, 7) is 0. The highest BCUT2D eigenvalue weighted by Gasteiger charge is 2.10. The molecule has 5 heteroatoms. The highest BCUT2D eigenvalue weighted by molar-refractivity contribution is 8.02. The van der Waals surface area contributed by atoms with Crippen LogP contribution in [0.4, 0.5) is 0 Å². The molecule has 1 aromatic heterocycles. The van der Waals surface area contributed by atoms with Crippen molar-refractivity contribution in [3.8, 4) is 0 Å². The van der Waals surface area contributed by atoms with E-state index in [2.05, 4.69) is 10.4 Å². The van der Waals surface area contributed by atoms with Gasteiger partial charge in [-0.25, -0.2) is 0 Å². The van der Waals surface area contributed by atoms with Crippen LogP contribution in [0.2, 0.25) is 0 Å². The Hall–Kier alpha value is -1.49. The Bertz CT molecular complexity index is 352. The van der Waals surface area contributed by atoms with E-state index >= 15 is 0 Å². The Morgan fingerprint density at radius 1 is 1.57 bits per heavy atom. The van der Waals surface area contributed by atoms with Crippen LogP contribution in [0, 0.1) is 0 Å². The summed E-state index contributed by atoms with van der Waals surface area (Å²) in [5, 5.41) is 3.65. The second-order valence-corrected chi connectivity index (χ2v) is 3.57. The number of hydrogen-bond acceptors (Lipinski definition) is 4. The van der Waals surface area contributed by atoms with E-state index in [1.165, 1.54) is 0 Å². The van der Waals surface area contributed by atoms with Crippen LogP contribution in [0.15, 0.2) is 36.0 Å². The Kier molecular flexibility index (Phi) is 2.69. The molecule has 1 amide bonds. The molecule has 4 nitrogen and oxygen atoms in total. The lowest BCUT2D eigenvalue weighted by Gasteiger charge is -2.15. The van der Waals surface area contributed by atoms with E-state index in [1.807, 2.05) is 11.6 Å². The van der Waals surface area contributed by atoms with Crippen LogP contribution >= 0.6 is 11.8 Å². The topological polar surface area (TPSA) is 45.2 Å².